The predicted molar refractivity (Wildman–Crippen MR) is 117 cm³/mol. The third-order valence-corrected chi connectivity index (χ3v) is 6.87. The van der Waals surface area contributed by atoms with Crippen molar-refractivity contribution in [2.24, 2.45) is 5.92 Å². The Morgan fingerprint density at radius 1 is 1.26 bits per heavy atom. The molecule has 0 spiro atoms. The molecule has 1 aromatic carbocycles. The van der Waals surface area contributed by atoms with E-state index >= 15 is 0 Å². The van der Waals surface area contributed by atoms with Crippen molar-refractivity contribution < 1.29 is 9.59 Å². The van der Waals surface area contributed by atoms with Gasteiger partial charge in [-0.1, -0.05) is 46.1 Å². The lowest BCUT2D eigenvalue weighted by Crippen LogP contribution is -2.14. The van der Waals surface area contributed by atoms with E-state index in [1.807, 2.05) is 12.1 Å². The highest BCUT2D eigenvalue weighted by molar-refractivity contribution is 14.1. The fourth-order valence-corrected chi connectivity index (χ4v) is 4.47. The average molecular weight is 513 g/mol. The van der Waals surface area contributed by atoms with Crippen LogP contribution in [0.3, 0.4) is 0 Å². The highest BCUT2D eigenvalue weighted by Gasteiger charge is 2.30. The quantitative estimate of drug-likeness (QED) is 0.252. The van der Waals surface area contributed by atoms with Gasteiger partial charge in [-0.15, -0.1) is 11.8 Å². The number of thiazole rings is 1. The van der Waals surface area contributed by atoms with Gasteiger partial charge in [-0.05, 0) is 30.5 Å². The fraction of sp³-hybridized carbons (Fsp3) is 0.294. The molecule has 0 unspecified atom stereocenters. The summed E-state index contributed by atoms with van der Waals surface area (Å²) >= 11 is 5.11. The molecule has 2 heterocycles. The van der Waals surface area contributed by atoms with Gasteiger partial charge in [0.15, 0.2) is 10.8 Å². The molecule has 1 fully saturated rings. The lowest BCUT2D eigenvalue weighted by atomic mass is 10.2. The third-order valence-electron chi connectivity index (χ3n) is 4.00. The Bertz CT molecular complexity index is 981. The predicted octanol–water partition coefficient (Wildman–Crippen LogP) is 4.03. The van der Waals surface area contributed by atoms with Crippen molar-refractivity contribution in [2.45, 2.75) is 22.2 Å². The fourth-order valence-electron chi connectivity index (χ4n) is 2.40. The highest BCUT2D eigenvalue weighted by atomic mass is 127. The molecule has 3 N–H and O–H groups in total. The van der Waals surface area contributed by atoms with Crippen molar-refractivity contribution in [2.75, 3.05) is 16.4 Å². The van der Waals surface area contributed by atoms with Crippen molar-refractivity contribution >= 4 is 78.8 Å². The number of H-pyrrole nitrogens is 1. The molecule has 1 aliphatic rings. The van der Waals surface area contributed by atoms with E-state index in [4.69, 9.17) is 0 Å². The first-order valence-electron chi connectivity index (χ1n) is 8.35. The molecule has 0 radical (unpaired) electrons. The van der Waals surface area contributed by atoms with Crippen molar-refractivity contribution in [1.82, 2.24) is 15.2 Å². The Kier molecular flexibility index (Phi) is 5.64. The van der Waals surface area contributed by atoms with Crippen LogP contribution in [-0.4, -0.2) is 32.7 Å². The SMILES string of the molecule is O=C(CSc1ccc(CI)cc1)Nc1[nH]nc2nc(NC(=O)C3CC3)sc12. The summed E-state index contributed by atoms with van der Waals surface area (Å²) in [6.07, 6.45) is 1.88. The second kappa shape index (κ2) is 8.15. The van der Waals surface area contributed by atoms with Gasteiger partial charge < -0.3 is 10.6 Å². The van der Waals surface area contributed by atoms with E-state index in [0.29, 0.717) is 22.3 Å². The number of alkyl halides is 1. The van der Waals surface area contributed by atoms with Gasteiger partial charge in [-0.3, -0.25) is 14.7 Å². The molecule has 3 aromatic rings. The number of carbonyl (C=O) groups is 2. The summed E-state index contributed by atoms with van der Waals surface area (Å²) in [5.74, 6) is 0.811. The average Bonchev–Trinajstić information content (AvgIpc) is 3.37. The van der Waals surface area contributed by atoms with Crippen LogP contribution in [0, 0.1) is 5.92 Å². The number of benzene rings is 1. The smallest absolute Gasteiger partial charge is 0.235 e. The maximum absolute atomic E-state index is 12.3. The monoisotopic (exact) mass is 513 g/mol. The standard InChI is InChI=1S/C17H16IN5O2S2/c18-7-9-1-5-11(6-2-9)26-8-12(24)19-14-13-15(23-22-14)20-17(27-13)21-16(25)10-3-4-10/h1-2,5-6,10H,3-4,7-8H2,(H3,19,20,21,22,23,24,25). The van der Waals surface area contributed by atoms with Gasteiger partial charge in [-0.2, -0.15) is 10.1 Å². The first-order valence-corrected chi connectivity index (χ1v) is 11.7. The van der Waals surface area contributed by atoms with Crippen LogP contribution < -0.4 is 10.6 Å². The lowest BCUT2D eigenvalue weighted by molar-refractivity contribution is -0.117. The van der Waals surface area contributed by atoms with Crippen LogP contribution in [0.1, 0.15) is 18.4 Å². The zero-order chi connectivity index (χ0) is 18.8. The minimum Gasteiger partial charge on any atom is -0.309 e. The second-order valence-corrected chi connectivity index (χ2v) is 8.96. The summed E-state index contributed by atoms with van der Waals surface area (Å²) in [6, 6.07) is 8.19. The summed E-state index contributed by atoms with van der Waals surface area (Å²) in [6.45, 7) is 0. The van der Waals surface area contributed by atoms with Gasteiger partial charge in [0.05, 0.1) is 5.75 Å². The summed E-state index contributed by atoms with van der Waals surface area (Å²) in [4.78, 5) is 29.5. The largest absolute Gasteiger partial charge is 0.309 e. The molecule has 0 aliphatic heterocycles. The lowest BCUT2D eigenvalue weighted by Gasteiger charge is -2.04. The minimum atomic E-state index is -0.125. The first kappa shape index (κ1) is 18.7. The summed E-state index contributed by atoms with van der Waals surface area (Å²) in [5.41, 5.74) is 1.75. The Labute approximate surface area is 177 Å². The van der Waals surface area contributed by atoms with E-state index in [1.165, 1.54) is 28.7 Å². The van der Waals surface area contributed by atoms with Crippen molar-refractivity contribution in [3.05, 3.63) is 29.8 Å². The maximum Gasteiger partial charge on any atom is 0.235 e. The molecule has 4 rings (SSSR count). The number of aromatic nitrogens is 3. The number of nitrogens with one attached hydrogen (secondary N) is 3. The minimum absolute atomic E-state index is 0.00551. The van der Waals surface area contributed by atoms with Crippen molar-refractivity contribution in [3.63, 3.8) is 0 Å². The molecule has 0 bridgehead atoms. The number of nitrogens with zero attached hydrogens (tertiary/aromatic N) is 2. The molecular weight excluding hydrogens is 497 g/mol. The maximum atomic E-state index is 12.3. The molecule has 2 amide bonds. The third kappa shape index (κ3) is 4.61. The molecular formula is C17H16IN5O2S2. The molecule has 27 heavy (non-hydrogen) atoms. The van der Waals surface area contributed by atoms with Crippen LogP contribution in [0.2, 0.25) is 0 Å². The first-order chi connectivity index (χ1) is 13.1. The Hall–Kier alpha value is -1.66. The van der Waals surface area contributed by atoms with E-state index in [2.05, 4.69) is 60.5 Å². The van der Waals surface area contributed by atoms with Gasteiger partial charge >= 0.3 is 0 Å². The number of carbonyl (C=O) groups excluding carboxylic acids is 2. The molecule has 10 heteroatoms. The molecule has 0 saturated heterocycles. The van der Waals surface area contributed by atoms with E-state index in [-0.39, 0.29) is 17.7 Å². The second-order valence-electron chi connectivity index (χ2n) is 6.15. The molecule has 7 nitrogen and oxygen atoms in total. The van der Waals surface area contributed by atoms with Gasteiger partial charge in [0, 0.05) is 15.2 Å². The normalized spacial score (nSPS) is 13.7. The Morgan fingerprint density at radius 3 is 2.74 bits per heavy atom. The summed E-state index contributed by atoms with van der Waals surface area (Å²) in [7, 11) is 0. The van der Waals surface area contributed by atoms with Gasteiger partial charge in [0.2, 0.25) is 11.8 Å². The molecule has 140 valence electrons. The summed E-state index contributed by atoms with van der Waals surface area (Å²) in [5, 5.41) is 13.1. The van der Waals surface area contributed by atoms with Crippen LogP contribution in [0.15, 0.2) is 29.2 Å². The zero-order valence-electron chi connectivity index (χ0n) is 14.1. The number of rotatable bonds is 7. The van der Waals surface area contributed by atoms with E-state index in [9.17, 15) is 9.59 Å². The summed E-state index contributed by atoms with van der Waals surface area (Å²) < 4.78 is 1.70. The van der Waals surface area contributed by atoms with Crippen LogP contribution in [0.25, 0.3) is 10.3 Å². The number of amides is 2. The van der Waals surface area contributed by atoms with Gasteiger partial charge in [0.25, 0.3) is 0 Å². The van der Waals surface area contributed by atoms with E-state index < -0.39 is 0 Å². The van der Waals surface area contributed by atoms with Gasteiger partial charge in [-0.25, -0.2) is 0 Å². The molecule has 1 aliphatic carbocycles. The number of hydrogen-bond acceptors (Lipinski definition) is 6. The van der Waals surface area contributed by atoms with Crippen molar-refractivity contribution in [3.8, 4) is 0 Å². The van der Waals surface area contributed by atoms with Crippen LogP contribution in [0.4, 0.5) is 10.9 Å². The molecule has 2 aromatic heterocycles. The topological polar surface area (TPSA) is 99.8 Å². The van der Waals surface area contributed by atoms with E-state index in [0.717, 1.165) is 26.9 Å². The van der Waals surface area contributed by atoms with E-state index in [1.54, 1.807) is 0 Å². The molecule has 0 atom stereocenters. The number of thioether (sulfide) groups is 1. The van der Waals surface area contributed by atoms with Crippen LogP contribution in [-0.2, 0) is 14.0 Å². The zero-order valence-corrected chi connectivity index (χ0v) is 17.9. The van der Waals surface area contributed by atoms with Crippen molar-refractivity contribution in [1.29, 1.82) is 0 Å². The number of halogens is 1. The van der Waals surface area contributed by atoms with Gasteiger partial charge in [0.1, 0.15) is 10.5 Å². The number of hydrogen-bond donors (Lipinski definition) is 3. The van der Waals surface area contributed by atoms with Crippen LogP contribution >= 0.6 is 45.7 Å². The highest BCUT2D eigenvalue weighted by Crippen LogP contribution is 2.34. The molecule has 1 saturated carbocycles. The Balaban J connectivity index is 1.36. The number of anilines is 2. The Morgan fingerprint density at radius 2 is 2.04 bits per heavy atom. The van der Waals surface area contributed by atoms with Crippen LogP contribution in [0.5, 0.6) is 0 Å². The number of fused-ring (bicyclic) bond motifs is 1. The number of aromatic amines is 1.